The lowest BCUT2D eigenvalue weighted by Gasteiger charge is -2.08. The number of nitrogens with one attached hydrogen (secondary N) is 1. The molecule has 0 saturated heterocycles. The monoisotopic (exact) mass is 348 g/mol. The number of carbonyl (C=O) groups is 1. The average molecular weight is 349 g/mol. The smallest absolute Gasteiger partial charge is 0.262 e. The second-order valence-corrected chi connectivity index (χ2v) is 5.45. The summed E-state index contributed by atoms with van der Waals surface area (Å²) >= 11 is 3.35. The van der Waals surface area contributed by atoms with Crippen LogP contribution >= 0.6 is 15.9 Å². The SMILES string of the molecule is NCCc1cccc(OCC(=O)Nc2ccc(Br)cc2)c1. The molecule has 0 aliphatic carbocycles. The van der Waals surface area contributed by atoms with Gasteiger partial charge in [-0.2, -0.15) is 0 Å². The Kier molecular flexibility index (Phi) is 5.78. The van der Waals surface area contributed by atoms with E-state index in [-0.39, 0.29) is 12.5 Å². The molecule has 0 aliphatic rings. The fourth-order valence-corrected chi connectivity index (χ4v) is 2.10. The molecule has 0 radical (unpaired) electrons. The first-order valence-corrected chi connectivity index (χ1v) is 7.44. The molecule has 0 unspecified atom stereocenters. The summed E-state index contributed by atoms with van der Waals surface area (Å²) in [5, 5.41) is 2.77. The second-order valence-electron chi connectivity index (χ2n) is 4.53. The number of rotatable bonds is 6. The van der Waals surface area contributed by atoms with Crippen molar-refractivity contribution in [2.75, 3.05) is 18.5 Å². The van der Waals surface area contributed by atoms with Crippen LogP contribution in [0.15, 0.2) is 53.0 Å². The molecule has 21 heavy (non-hydrogen) atoms. The maximum Gasteiger partial charge on any atom is 0.262 e. The normalized spacial score (nSPS) is 10.2. The molecule has 0 fully saturated rings. The number of benzene rings is 2. The number of hydrogen-bond acceptors (Lipinski definition) is 3. The Bertz CT molecular complexity index is 599. The van der Waals surface area contributed by atoms with Crippen LogP contribution in [0.3, 0.4) is 0 Å². The quantitative estimate of drug-likeness (QED) is 0.843. The van der Waals surface area contributed by atoms with Crippen molar-refractivity contribution < 1.29 is 9.53 Å². The molecule has 0 atom stereocenters. The van der Waals surface area contributed by atoms with Gasteiger partial charge in [0.2, 0.25) is 0 Å². The first kappa shape index (κ1) is 15.5. The summed E-state index contributed by atoms with van der Waals surface area (Å²) in [6.07, 6.45) is 0.794. The Hall–Kier alpha value is -1.85. The van der Waals surface area contributed by atoms with Crippen LogP contribution < -0.4 is 15.8 Å². The zero-order chi connectivity index (χ0) is 15.1. The third kappa shape index (κ3) is 5.21. The maximum absolute atomic E-state index is 11.8. The molecule has 2 aromatic carbocycles. The zero-order valence-electron chi connectivity index (χ0n) is 11.5. The van der Waals surface area contributed by atoms with Gasteiger partial charge in [0.05, 0.1) is 0 Å². The van der Waals surface area contributed by atoms with E-state index in [1.165, 1.54) is 0 Å². The van der Waals surface area contributed by atoms with Crippen LogP contribution in [0.1, 0.15) is 5.56 Å². The van der Waals surface area contributed by atoms with Gasteiger partial charge >= 0.3 is 0 Å². The molecular weight excluding hydrogens is 332 g/mol. The number of ether oxygens (including phenoxy) is 1. The molecule has 0 saturated carbocycles. The third-order valence-corrected chi connectivity index (χ3v) is 3.36. The van der Waals surface area contributed by atoms with Crippen LogP contribution in [0.5, 0.6) is 5.75 Å². The van der Waals surface area contributed by atoms with Gasteiger partial charge < -0.3 is 15.8 Å². The predicted octanol–water partition coefficient (Wildman–Crippen LogP) is 2.97. The van der Waals surface area contributed by atoms with Crippen LogP contribution in [0.4, 0.5) is 5.69 Å². The van der Waals surface area contributed by atoms with E-state index in [2.05, 4.69) is 21.2 Å². The number of halogens is 1. The van der Waals surface area contributed by atoms with Crippen molar-refractivity contribution in [3.8, 4) is 5.75 Å². The summed E-state index contributed by atoms with van der Waals surface area (Å²) in [4.78, 5) is 11.8. The van der Waals surface area contributed by atoms with E-state index in [1.807, 2.05) is 48.5 Å². The van der Waals surface area contributed by atoms with Crippen molar-refractivity contribution in [3.05, 3.63) is 58.6 Å². The van der Waals surface area contributed by atoms with Crippen LogP contribution in [0.2, 0.25) is 0 Å². The Morgan fingerprint density at radius 1 is 1.19 bits per heavy atom. The summed E-state index contributed by atoms with van der Waals surface area (Å²) < 4.78 is 6.45. The van der Waals surface area contributed by atoms with E-state index in [0.29, 0.717) is 12.3 Å². The van der Waals surface area contributed by atoms with Gasteiger partial charge in [-0.05, 0) is 54.9 Å². The molecule has 110 valence electrons. The van der Waals surface area contributed by atoms with E-state index in [4.69, 9.17) is 10.5 Å². The van der Waals surface area contributed by atoms with E-state index in [9.17, 15) is 4.79 Å². The molecule has 4 nitrogen and oxygen atoms in total. The highest BCUT2D eigenvalue weighted by Gasteiger charge is 2.04. The largest absolute Gasteiger partial charge is 0.484 e. The summed E-state index contributed by atoms with van der Waals surface area (Å²) in [5.74, 6) is 0.480. The number of hydrogen-bond donors (Lipinski definition) is 2. The molecule has 1 amide bonds. The Labute approximate surface area is 132 Å². The number of carbonyl (C=O) groups excluding carboxylic acids is 1. The predicted molar refractivity (Wildman–Crippen MR) is 87.5 cm³/mol. The summed E-state index contributed by atoms with van der Waals surface area (Å²) in [6, 6.07) is 15.0. The van der Waals surface area contributed by atoms with Gasteiger partial charge in [0, 0.05) is 10.2 Å². The highest BCUT2D eigenvalue weighted by Crippen LogP contribution is 2.15. The van der Waals surface area contributed by atoms with Gasteiger partial charge in [-0.1, -0.05) is 28.1 Å². The van der Waals surface area contributed by atoms with Crippen molar-refractivity contribution in [1.29, 1.82) is 0 Å². The third-order valence-electron chi connectivity index (χ3n) is 2.83. The van der Waals surface area contributed by atoms with Crippen molar-refractivity contribution in [3.63, 3.8) is 0 Å². The zero-order valence-corrected chi connectivity index (χ0v) is 13.1. The van der Waals surface area contributed by atoms with Crippen LogP contribution in [0.25, 0.3) is 0 Å². The lowest BCUT2D eigenvalue weighted by atomic mass is 10.1. The minimum atomic E-state index is -0.193. The Morgan fingerprint density at radius 3 is 2.67 bits per heavy atom. The van der Waals surface area contributed by atoms with Gasteiger partial charge in [0.15, 0.2) is 6.61 Å². The minimum Gasteiger partial charge on any atom is -0.484 e. The lowest BCUT2D eigenvalue weighted by molar-refractivity contribution is -0.118. The van der Waals surface area contributed by atoms with Gasteiger partial charge in [-0.3, -0.25) is 4.79 Å². The van der Waals surface area contributed by atoms with E-state index in [0.717, 1.165) is 22.1 Å². The molecule has 2 aromatic rings. The Balaban J connectivity index is 1.86. The van der Waals surface area contributed by atoms with Gasteiger partial charge in [0.1, 0.15) is 5.75 Å². The lowest BCUT2D eigenvalue weighted by Crippen LogP contribution is -2.20. The van der Waals surface area contributed by atoms with Crippen LogP contribution in [-0.4, -0.2) is 19.1 Å². The van der Waals surface area contributed by atoms with Crippen molar-refractivity contribution in [2.24, 2.45) is 5.73 Å². The van der Waals surface area contributed by atoms with Crippen molar-refractivity contribution in [1.82, 2.24) is 0 Å². The average Bonchev–Trinajstić information content (AvgIpc) is 2.48. The van der Waals surface area contributed by atoms with Crippen LogP contribution in [0, 0.1) is 0 Å². The minimum absolute atomic E-state index is 0.0257. The summed E-state index contributed by atoms with van der Waals surface area (Å²) in [6.45, 7) is 0.565. The topological polar surface area (TPSA) is 64.3 Å². The molecule has 0 bridgehead atoms. The molecule has 0 aliphatic heterocycles. The molecule has 0 aromatic heterocycles. The van der Waals surface area contributed by atoms with E-state index < -0.39 is 0 Å². The summed E-state index contributed by atoms with van der Waals surface area (Å²) in [7, 11) is 0. The number of amides is 1. The molecule has 2 rings (SSSR count). The standard InChI is InChI=1S/C16H17BrN2O2/c17-13-4-6-14(7-5-13)19-16(20)11-21-15-3-1-2-12(10-15)8-9-18/h1-7,10H,8-9,11,18H2,(H,19,20). The van der Waals surface area contributed by atoms with Crippen LogP contribution in [-0.2, 0) is 11.2 Å². The fourth-order valence-electron chi connectivity index (χ4n) is 1.84. The summed E-state index contributed by atoms with van der Waals surface area (Å²) in [5.41, 5.74) is 7.36. The van der Waals surface area contributed by atoms with Gasteiger partial charge in [-0.25, -0.2) is 0 Å². The Morgan fingerprint density at radius 2 is 1.95 bits per heavy atom. The molecule has 0 spiro atoms. The number of anilines is 1. The van der Waals surface area contributed by atoms with Gasteiger partial charge in [-0.15, -0.1) is 0 Å². The highest BCUT2D eigenvalue weighted by atomic mass is 79.9. The second kappa shape index (κ2) is 7.81. The first-order chi connectivity index (χ1) is 10.2. The van der Waals surface area contributed by atoms with E-state index >= 15 is 0 Å². The number of nitrogens with two attached hydrogens (primary N) is 1. The van der Waals surface area contributed by atoms with Crippen molar-refractivity contribution >= 4 is 27.5 Å². The van der Waals surface area contributed by atoms with Gasteiger partial charge in [0.25, 0.3) is 5.91 Å². The van der Waals surface area contributed by atoms with Crippen molar-refractivity contribution in [2.45, 2.75) is 6.42 Å². The highest BCUT2D eigenvalue weighted by molar-refractivity contribution is 9.10. The first-order valence-electron chi connectivity index (χ1n) is 6.64. The molecule has 5 heteroatoms. The van der Waals surface area contributed by atoms with E-state index in [1.54, 1.807) is 0 Å². The molecular formula is C16H17BrN2O2. The maximum atomic E-state index is 11.8. The molecule has 0 heterocycles. The molecule has 3 N–H and O–H groups in total. The fraction of sp³-hybridized carbons (Fsp3) is 0.188.